The Morgan fingerprint density at radius 3 is 2.63 bits per heavy atom. The third kappa shape index (κ3) is 3.37. The number of carbonyl (C=O) groups excluding carboxylic acids is 1. The first kappa shape index (κ1) is 14.1. The maximum absolute atomic E-state index is 11.8. The number of aliphatic hydroxyl groups excluding tert-OH is 1. The van der Waals surface area contributed by atoms with E-state index in [0.29, 0.717) is 5.92 Å². The second kappa shape index (κ2) is 5.77. The summed E-state index contributed by atoms with van der Waals surface area (Å²) < 4.78 is 0. The highest BCUT2D eigenvalue weighted by atomic mass is 16.4. The molecule has 0 aromatic rings. The van der Waals surface area contributed by atoms with Crippen molar-refractivity contribution in [2.75, 3.05) is 20.1 Å². The number of aliphatic hydroxyl groups is 1. The SMILES string of the molecule is CN(CC1CC2CCC1C2)C(=O)NC[C@H](O)C(=O)O. The number of nitrogens with zero attached hydrogens (tertiary/aromatic N) is 1. The molecule has 6 nitrogen and oxygen atoms in total. The summed E-state index contributed by atoms with van der Waals surface area (Å²) in [7, 11) is 1.72. The first-order valence-corrected chi connectivity index (χ1v) is 6.87. The molecule has 0 spiro atoms. The molecular formula is C13H22N2O4. The third-order valence-electron chi connectivity index (χ3n) is 4.47. The molecule has 2 rings (SSSR count). The summed E-state index contributed by atoms with van der Waals surface area (Å²) in [6, 6.07) is -0.317. The highest BCUT2D eigenvalue weighted by Gasteiger charge is 2.40. The molecule has 6 heteroatoms. The fourth-order valence-electron chi connectivity index (χ4n) is 3.44. The molecule has 0 aliphatic heterocycles. The molecule has 2 saturated carbocycles. The van der Waals surface area contributed by atoms with Crippen LogP contribution in [0.3, 0.4) is 0 Å². The molecule has 0 aromatic heterocycles. The van der Waals surface area contributed by atoms with Gasteiger partial charge in [-0.1, -0.05) is 6.42 Å². The average molecular weight is 270 g/mol. The Morgan fingerprint density at radius 1 is 1.37 bits per heavy atom. The van der Waals surface area contributed by atoms with Gasteiger partial charge >= 0.3 is 12.0 Å². The maximum Gasteiger partial charge on any atom is 0.334 e. The number of urea groups is 1. The summed E-state index contributed by atoms with van der Waals surface area (Å²) in [6.45, 7) is 0.464. The zero-order valence-corrected chi connectivity index (χ0v) is 11.2. The van der Waals surface area contributed by atoms with Crippen LogP contribution in [0.1, 0.15) is 25.7 Å². The van der Waals surface area contributed by atoms with E-state index < -0.39 is 12.1 Å². The van der Waals surface area contributed by atoms with E-state index in [1.807, 2.05) is 0 Å². The number of carboxylic acids is 1. The van der Waals surface area contributed by atoms with Crippen LogP contribution in [0.5, 0.6) is 0 Å². The van der Waals surface area contributed by atoms with Crippen LogP contribution in [-0.4, -0.2) is 53.4 Å². The zero-order chi connectivity index (χ0) is 14.0. The molecule has 0 radical (unpaired) electrons. The van der Waals surface area contributed by atoms with Gasteiger partial charge in [-0.2, -0.15) is 0 Å². The quantitative estimate of drug-likeness (QED) is 0.679. The van der Waals surface area contributed by atoms with E-state index in [4.69, 9.17) is 10.2 Å². The normalized spacial score (nSPS) is 30.1. The minimum atomic E-state index is -1.54. The maximum atomic E-state index is 11.8. The molecule has 2 aliphatic rings. The molecule has 2 fully saturated rings. The summed E-state index contributed by atoms with van der Waals surface area (Å²) in [5.74, 6) is 0.861. The number of fused-ring (bicyclic) bond motifs is 2. The van der Waals surface area contributed by atoms with Gasteiger partial charge < -0.3 is 20.4 Å². The van der Waals surface area contributed by atoms with Crippen molar-refractivity contribution in [3.8, 4) is 0 Å². The number of amides is 2. The summed E-state index contributed by atoms with van der Waals surface area (Å²) in [5.41, 5.74) is 0. The van der Waals surface area contributed by atoms with Crippen molar-refractivity contribution in [3.63, 3.8) is 0 Å². The topological polar surface area (TPSA) is 89.9 Å². The summed E-state index contributed by atoms with van der Waals surface area (Å²) in [4.78, 5) is 23.8. The lowest BCUT2D eigenvalue weighted by molar-refractivity contribution is -0.146. The van der Waals surface area contributed by atoms with Crippen LogP contribution >= 0.6 is 0 Å². The average Bonchev–Trinajstić information content (AvgIpc) is 2.97. The van der Waals surface area contributed by atoms with Crippen molar-refractivity contribution in [1.82, 2.24) is 10.2 Å². The van der Waals surface area contributed by atoms with Crippen LogP contribution in [-0.2, 0) is 4.79 Å². The van der Waals surface area contributed by atoms with Gasteiger partial charge in [-0.15, -0.1) is 0 Å². The molecule has 0 saturated heterocycles. The van der Waals surface area contributed by atoms with Gasteiger partial charge in [-0.25, -0.2) is 9.59 Å². The molecule has 2 amide bonds. The van der Waals surface area contributed by atoms with Crippen LogP contribution in [0.2, 0.25) is 0 Å². The Labute approximate surface area is 112 Å². The van der Waals surface area contributed by atoms with Gasteiger partial charge in [0, 0.05) is 13.6 Å². The number of hydrogen-bond donors (Lipinski definition) is 3. The minimum Gasteiger partial charge on any atom is -0.479 e. The standard InChI is InChI=1S/C13H22N2O4/c1-15(13(19)14-6-11(16)12(17)18)7-10-5-8-2-3-9(10)4-8/h8-11,16H,2-7H2,1H3,(H,14,19)(H,17,18)/t8?,9?,10?,11-/m0/s1. The van der Waals surface area contributed by atoms with Crippen molar-refractivity contribution < 1.29 is 19.8 Å². The smallest absolute Gasteiger partial charge is 0.334 e. The molecule has 3 unspecified atom stereocenters. The Hall–Kier alpha value is -1.30. The van der Waals surface area contributed by atoms with Crippen LogP contribution in [0.25, 0.3) is 0 Å². The molecule has 108 valence electrons. The monoisotopic (exact) mass is 270 g/mol. The van der Waals surface area contributed by atoms with Gasteiger partial charge in [0.1, 0.15) is 0 Å². The molecule has 3 N–H and O–H groups in total. The fourth-order valence-corrected chi connectivity index (χ4v) is 3.44. The van der Waals surface area contributed by atoms with Gasteiger partial charge in [-0.3, -0.25) is 0 Å². The highest BCUT2D eigenvalue weighted by molar-refractivity contribution is 5.76. The number of rotatable bonds is 5. The van der Waals surface area contributed by atoms with Crippen molar-refractivity contribution in [1.29, 1.82) is 0 Å². The van der Waals surface area contributed by atoms with Gasteiger partial charge in [0.15, 0.2) is 6.10 Å². The summed E-state index contributed by atoms with van der Waals surface area (Å²) in [6.07, 6.45) is 3.59. The second-order valence-electron chi connectivity index (χ2n) is 5.86. The van der Waals surface area contributed by atoms with E-state index in [0.717, 1.165) is 18.4 Å². The first-order valence-electron chi connectivity index (χ1n) is 6.87. The number of aliphatic carboxylic acids is 1. The van der Waals surface area contributed by atoms with Crippen molar-refractivity contribution >= 4 is 12.0 Å². The Bertz CT molecular complexity index is 361. The van der Waals surface area contributed by atoms with Gasteiger partial charge in [0.05, 0.1) is 6.54 Å². The van der Waals surface area contributed by atoms with Crippen LogP contribution < -0.4 is 5.32 Å². The Morgan fingerprint density at radius 2 is 2.11 bits per heavy atom. The van der Waals surface area contributed by atoms with Gasteiger partial charge in [0.25, 0.3) is 0 Å². The Kier molecular flexibility index (Phi) is 4.29. The van der Waals surface area contributed by atoms with Crippen LogP contribution in [0, 0.1) is 17.8 Å². The lowest BCUT2D eigenvalue weighted by Gasteiger charge is -2.27. The van der Waals surface area contributed by atoms with Crippen molar-refractivity contribution in [3.05, 3.63) is 0 Å². The minimum absolute atomic E-state index is 0.255. The van der Waals surface area contributed by atoms with Crippen molar-refractivity contribution in [2.45, 2.75) is 31.8 Å². The van der Waals surface area contributed by atoms with Gasteiger partial charge in [0.2, 0.25) is 0 Å². The van der Waals surface area contributed by atoms with Crippen LogP contribution in [0.15, 0.2) is 0 Å². The molecule has 2 aliphatic carbocycles. The number of hydrogen-bond acceptors (Lipinski definition) is 3. The molecule has 0 aromatic carbocycles. The van der Waals surface area contributed by atoms with Gasteiger partial charge in [-0.05, 0) is 37.0 Å². The predicted octanol–water partition coefficient (Wildman–Crippen LogP) is 0.509. The van der Waals surface area contributed by atoms with E-state index in [-0.39, 0.29) is 12.6 Å². The fraction of sp³-hybridized carbons (Fsp3) is 0.846. The largest absolute Gasteiger partial charge is 0.479 e. The summed E-state index contributed by atoms with van der Waals surface area (Å²) >= 11 is 0. The first-order chi connectivity index (χ1) is 8.97. The highest BCUT2D eigenvalue weighted by Crippen LogP contribution is 2.48. The van der Waals surface area contributed by atoms with Crippen molar-refractivity contribution in [2.24, 2.45) is 17.8 Å². The third-order valence-corrected chi connectivity index (χ3v) is 4.47. The molecule has 4 atom stereocenters. The molecule has 19 heavy (non-hydrogen) atoms. The molecule has 0 heterocycles. The van der Waals surface area contributed by atoms with Crippen LogP contribution in [0.4, 0.5) is 4.79 Å². The van der Waals surface area contributed by atoms with E-state index >= 15 is 0 Å². The molecular weight excluding hydrogens is 248 g/mol. The molecule has 2 bridgehead atoms. The predicted molar refractivity (Wildman–Crippen MR) is 68.6 cm³/mol. The lowest BCUT2D eigenvalue weighted by atomic mass is 9.88. The Balaban J connectivity index is 1.72. The van der Waals surface area contributed by atoms with E-state index in [2.05, 4.69) is 5.32 Å². The van der Waals surface area contributed by atoms with E-state index in [1.54, 1.807) is 11.9 Å². The van der Waals surface area contributed by atoms with E-state index in [1.165, 1.54) is 25.7 Å². The van der Waals surface area contributed by atoms with E-state index in [9.17, 15) is 9.59 Å². The number of nitrogens with one attached hydrogen (secondary N) is 1. The zero-order valence-electron chi connectivity index (χ0n) is 11.2. The number of carboxylic acid groups (broad SMARTS) is 1. The summed E-state index contributed by atoms with van der Waals surface area (Å²) in [5, 5.41) is 20.1. The number of carbonyl (C=O) groups is 2. The lowest BCUT2D eigenvalue weighted by Crippen LogP contribution is -2.44. The second-order valence-corrected chi connectivity index (χ2v) is 5.86.